The van der Waals surface area contributed by atoms with Gasteiger partial charge in [-0.1, -0.05) is 49.5 Å². The number of hydrogen-bond donors (Lipinski definition) is 3. The first-order valence-electron chi connectivity index (χ1n) is 11.3. The molecule has 1 aliphatic rings. The highest BCUT2D eigenvalue weighted by Gasteiger charge is 2.19. The molecule has 35 heavy (non-hydrogen) atoms. The first kappa shape index (κ1) is 28.0. The van der Waals surface area contributed by atoms with Gasteiger partial charge in [0.1, 0.15) is 5.76 Å². The molecule has 1 heterocycles. The number of aromatic nitrogens is 2. The number of rotatable bonds is 13. The van der Waals surface area contributed by atoms with Crippen LogP contribution in [0.5, 0.6) is 0 Å². The molecule has 0 saturated carbocycles. The van der Waals surface area contributed by atoms with Crippen molar-refractivity contribution in [1.82, 2.24) is 15.1 Å². The standard InChI is InChI=1S/C25H33FN5O3P/c1-3-19(17-28-18-32)24(33)29-23-16-21(31(30-23)20-12-8-5-6-9-13-20)14-10-7-11-15-22(4-2)34-25(26,27)35/h4-8,10-13,15-16,18-19H,3,9,14,17,27,35H2,1-2H3,(H,28,32)(H,29,30,33)/b10-7+,15-11-,22-4+. The van der Waals surface area contributed by atoms with Gasteiger partial charge in [-0.2, -0.15) is 4.39 Å². The molecule has 1 aromatic rings. The SMILES string of the molecule is C\C=C(/C=C\C=C\Cc1cc(NC(=O)C(CC)CNC=O)nn1C1=CCC=CC=C1)OC(N)(F)P. The molecule has 188 valence electrons. The van der Waals surface area contributed by atoms with E-state index in [0.29, 0.717) is 30.8 Å². The maximum absolute atomic E-state index is 13.5. The van der Waals surface area contributed by atoms with Crippen LogP contribution in [0.3, 0.4) is 0 Å². The molecule has 10 heteroatoms. The van der Waals surface area contributed by atoms with Crippen molar-refractivity contribution in [2.75, 3.05) is 11.9 Å². The van der Waals surface area contributed by atoms with E-state index < -0.39 is 5.72 Å². The maximum atomic E-state index is 13.5. The first-order chi connectivity index (χ1) is 16.8. The summed E-state index contributed by atoms with van der Waals surface area (Å²) < 4.78 is 20.2. The Morgan fingerprint density at radius 3 is 2.91 bits per heavy atom. The minimum absolute atomic E-state index is 0.208. The molecule has 3 atom stereocenters. The Labute approximate surface area is 207 Å². The number of amides is 2. The number of allylic oxidation sites excluding steroid dienone is 11. The van der Waals surface area contributed by atoms with Crippen molar-refractivity contribution in [3.63, 3.8) is 0 Å². The van der Waals surface area contributed by atoms with Crippen LogP contribution in [-0.4, -0.2) is 34.4 Å². The Hall–Kier alpha value is -3.29. The van der Waals surface area contributed by atoms with Crippen molar-refractivity contribution in [2.24, 2.45) is 11.7 Å². The smallest absolute Gasteiger partial charge is 0.316 e. The molecule has 2 rings (SSSR count). The number of hydrogen-bond acceptors (Lipinski definition) is 5. The summed E-state index contributed by atoms with van der Waals surface area (Å²) in [5.41, 5.74) is 4.62. The van der Waals surface area contributed by atoms with E-state index in [-0.39, 0.29) is 18.4 Å². The van der Waals surface area contributed by atoms with E-state index >= 15 is 0 Å². The van der Waals surface area contributed by atoms with Gasteiger partial charge < -0.3 is 15.4 Å². The van der Waals surface area contributed by atoms with Crippen molar-refractivity contribution in [2.45, 2.75) is 38.8 Å². The molecule has 0 aromatic carbocycles. The number of nitrogens with two attached hydrogens (primary N) is 1. The van der Waals surface area contributed by atoms with Crippen LogP contribution in [0.1, 0.15) is 32.4 Å². The Morgan fingerprint density at radius 1 is 1.43 bits per heavy atom. The van der Waals surface area contributed by atoms with E-state index in [1.54, 1.807) is 45.1 Å². The summed E-state index contributed by atoms with van der Waals surface area (Å²) in [6.07, 6.45) is 21.0. The van der Waals surface area contributed by atoms with Gasteiger partial charge in [0.25, 0.3) is 0 Å². The third-order valence-corrected chi connectivity index (χ3v) is 5.08. The summed E-state index contributed by atoms with van der Waals surface area (Å²) in [6.45, 7) is 3.86. The first-order valence-corrected chi connectivity index (χ1v) is 11.9. The summed E-state index contributed by atoms with van der Waals surface area (Å²) in [4.78, 5) is 23.3. The van der Waals surface area contributed by atoms with Crippen molar-refractivity contribution in [3.05, 3.63) is 78.3 Å². The van der Waals surface area contributed by atoms with E-state index in [0.717, 1.165) is 17.8 Å². The third kappa shape index (κ3) is 9.84. The molecule has 0 saturated heterocycles. The Bertz CT molecular complexity index is 1050. The van der Waals surface area contributed by atoms with Gasteiger partial charge in [-0.25, -0.2) is 4.68 Å². The van der Waals surface area contributed by atoms with Crippen LogP contribution in [-0.2, 0) is 20.7 Å². The second kappa shape index (κ2) is 14.2. The fourth-order valence-corrected chi connectivity index (χ4v) is 3.34. The molecule has 4 N–H and O–H groups in total. The number of carbonyl (C=O) groups excluding carboxylic acids is 2. The molecule has 0 aliphatic heterocycles. The molecule has 3 unspecified atom stereocenters. The minimum Gasteiger partial charge on any atom is -0.443 e. The quantitative estimate of drug-likeness (QED) is 0.0947. The summed E-state index contributed by atoms with van der Waals surface area (Å²) in [5.74, 6) is 0.152. The van der Waals surface area contributed by atoms with Crippen LogP contribution in [0.25, 0.3) is 5.70 Å². The third-order valence-electron chi connectivity index (χ3n) is 4.96. The average Bonchev–Trinajstić information content (AvgIpc) is 3.01. The second-order valence-electron chi connectivity index (χ2n) is 7.69. The second-order valence-corrected chi connectivity index (χ2v) is 8.47. The van der Waals surface area contributed by atoms with Gasteiger partial charge in [0.15, 0.2) is 5.82 Å². The molecular weight excluding hydrogens is 468 g/mol. The van der Waals surface area contributed by atoms with E-state index in [1.165, 1.54) is 0 Å². The number of carbonyl (C=O) groups is 2. The van der Waals surface area contributed by atoms with Crippen molar-refractivity contribution < 1.29 is 18.7 Å². The van der Waals surface area contributed by atoms with Crippen LogP contribution < -0.4 is 16.4 Å². The van der Waals surface area contributed by atoms with Crippen LogP contribution in [0, 0.1) is 5.92 Å². The zero-order valence-corrected chi connectivity index (χ0v) is 21.1. The zero-order valence-electron chi connectivity index (χ0n) is 20.0. The summed E-state index contributed by atoms with van der Waals surface area (Å²) in [6, 6.07) is 1.82. The Morgan fingerprint density at radius 2 is 2.23 bits per heavy atom. The highest BCUT2D eigenvalue weighted by atomic mass is 31.0. The Kier molecular flexibility index (Phi) is 11.3. The number of nitrogens with one attached hydrogen (secondary N) is 2. The lowest BCUT2D eigenvalue weighted by Gasteiger charge is -2.16. The van der Waals surface area contributed by atoms with Gasteiger partial charge in [-0.15, -0.1) is 5.10 Å². The van der Waals surface area contributed by atoms with Gasteiger partial charge in [0, 0.05) is 19.0 Å². The highest BCUT2D eigenvalue weighted by Crippen LogP contribution is 2.21. The fraction of sp³-hybridized carbons (Fsp3) is 0.320. The van der Waals surface area contributed by atoms with Gasteiger partial charge in [-0.05, 0) is 47.2 Å². The van der Waals surface area contributed by atoms with E-state index in [9.17, 15) is 14.0 Å². The molecule has 2 amide bonds. The zero-order chi connectivity index (χ0) is 25.7. The predicted octanol–water partition coefficient (Wildman–Crippen LogP) is 3.94. The summed E-state index contributed by atoms with van der Waals surface area (Å²) >= 11 is 0. The lowest BCUT2D eigenvalue weighted by molar-refractivity contribution is -0.120. The van der Waals surface area contributed by atoms with Gasteiger partial charge in [0.05, 0.1) is 17.3 Å². The highest BCUT2D eigenvalue weighted by molar-refractivity contribution is 7.18. The van der Waals surface area contributed by atoms with E-state index in [4.69, 9.17) is 10.5 Å². The van der Waals surface area contributed by atoms with Crippen LogP contribution >= 0.6 is 9.24 Å². The van der Waals surface area contributed by atoms with Crippen molar-refractivity contribution in [1.29, 1.82) is 0 Å². The van der Waals surface area contributed by atoms with Crippen molar-refractivity contribution >= 4 is 33.1 Å². The molecule has 0 spiro atoms. The van der Waals surface area contributed by atoms with Crippen LogP contribution in [0.2, 0.25) is 0 Å². The van der Waals surface area contributed by atoms with Crippen molar-refractivity contribution in [3.8, 4) is 0 Å². The Balaban J connectivity index is 2.19. The predicted molar refractivity (Wildman–Crippen MR) is 140 cm³/mol. The lowest BCUT2D eigenvalue weighted by Crippen LogP contribution is -2.31. The van der Waals surface area contributed by atoms with E-state index in [1.807, 2.05) is 49.4 Å². The van der Waals surface area contributed by atoms with Gasteiger partial charge in [-0.3, -0.25) is 15.3 Å². The number of nitrogens with zero attached hydrogens (tertiary/aromatic N) is 2. The molecular formula is C25H33FN5O3P. The van der Waals surface area contributed by atoms with E-state index in [2.05, 4.69) is 15.7 Å². The number of halogens is 1. The van der Waals surface area contributed by atoms with Crippen LogP contribution in [0.15, 0.2) is 72.6 Å². The van der Waals surface area contributed by atoms with Gasteiger partial charge in [0.2, 0.25) is 12.3 Å². The number of anilines is 1. The fourth-order valence-electron chi connectivity index (χ4n) is 3.20. The molecule has 1 aromatic heterocycles. The molecule has 1 aliphatic carbocycles. The average molecular weight is 502 g/mol. The topological polar surface area (TPSA) is 111 Å². The summed E-state index contributed by atoms with van der Waals surface area (Å²) in [5, 5.41) is 10.0. The molecule has 0 fully saturated rings. The monoisotopic (exact) mass is 501 g/mol. The number of ether oxygens (including phenoxy) is 1. The minimum atomic E-state index is -2.34. The lowest BCUT2D eigenvalue weighted by atomic mass is 10.1. The molecule has 8 nitrogen and oxygen atoms in total. The molecule has 0 bridgehead atoms. The normalized spacial score (nSPS) is 16.6. The number of alkyl halides is 1. The van der Waals surface area contributed by atoms with Gasteiger partial charge >= 0.3 is 5.72 Å². The largest absolute Gasteiger partial charge is 0.443 e. The maximum Gasteiger partial charge on any atom is 0.316 e. The summed E-state index contributed by atoms with van der Waals surface area (Å²) in [7, 11) is 1.78. The molecule has 0 radical (unpaired) electrons. The van der Waals surface area contributed by atoms with Crippen LogP contribution in [0.4, 0.5) is 10.2 Å².